The normalized spacial score (nSPS) is 12.2. The van der Waals surface area contributed by atoms with E-state index in [2.05, 4.69) is 26.6 Å². The van der Waals surface area contributed by atoms with Gasteiger partial charge >= 0.3 is 0 Å². The van der Waals surface area contributed by atoms with E-state index in [0.717, 1.165) is 45.2 Å². The van der Waals surface area contributed by atoms with E-state index < -0.39 is 5.91 Å². The quantitative estimate of drug-likeness (QED) is 0.125. The lowest BCUT2D eigenvalue weighted by Gasteiger charge is -2.15. The van der Waals surface area contributed by atoms with E-state index in [1.54, 1.807) is 7.05 Å². The number of carbonyl (C=O) groups excluding carboxylic acids is 4. The Balaban J connectivity index is 0. The van der Waals surface area contributed by atoms with Gasteiger partial charge in [-0.25, -0.2) is 0 Å². The molecule has 0 aliphatic carbocycles. The van der Waals surface area contributed by atoms with Crippen LogP contribution >= 0.6 is 0 Å². The van der Waals surface area contributed by atoms with Gasteiger partial charge in [0.05, 0.1) is 25.2 Å². The first kappa shape index (κ1) is 31.1. The van der Waals surface area contributed by atoms with Crippen molar-refractivity contribution in [3.05, 3.63) is 0 Å². The minimum absolute atomic E-state index is 0.0127. The van der Waals surface area contributed by atoms with Crippen LogP contribution in [0.2, 0.25) is 0 Å². The average Bonchev–Trinajstić information content (AvgIpc) is 2.74. The summed E-state index contributed by atoms with van der Waals surface area (Å²) in [6, 6.07) is -0.630. The Morgan fingerprint density at radius 2 is 1.35 bits per heavy atom. The van der Waals surface area contributed by atoms with Gasteiger partial charge in [0.15, 0.2) is 5.78 Å². The second-order valence-corrected chi connectivity index (χ2v) is 7.16. The number of hydrogen-bond acceptors (Lipinski definition) is 8. The van der Waals surface area contributed by atoms with Crippen LogP contribution in [0.4, 0.5) is 0 Å². The molecule has 0 saturated heterocycles. The average molecular weight is 446 g/mol. The molecule has 31 heavy (non-hydrogen) atoms. The summed E-state index contributed by atoms with van der Waals surface area (Å²) in [6.45, 7) is 3.18. The van der Waals surface area contributed by atoms with Crippen LogP contribution in [0.3, 0.4) is 0 Å². The van der Waals surface area contributed by atoms with Crippen molar-refractivity contribution < 1.29 is 19.2 Å². The molecule has 0 spiro atoms. The molecule has 0 saturated carbocycles. The number of carbonyl (C=O) groups is 4. The Hall–Kier alpha value is -2.08. The van der Waals surface area contributed by atoms with Gasteiger partial charge in [-0.2, -0.15) is 0 Å². The van der Waals surface area contributed by atoms with Gasteiger partial charge in [-0.3, -0.25) is 19.2 Å². The summed E-state index contributed by atoms with van der Waals surface area (Å²) in [4.78, 5) is 44.2. The monoisotopic (exact) mass is 445 g/mol. The fraction of sp³-hybridized carbons (Fsp3) is 0.800. The predicted octanol–water partition coefficient (Wildman–Crippen LogP) is -2.03. The number of likely N-dealkylation sites (N-methyl/N-ethyl adjacent to an activating group) is 1. The van der Waals surface area contributed by atoms with Crippen LogP contribution in [0.25, 0.3) is 0 Å². The van der Waals surface area contributed by atoms with Crippen LogP contribution in [-0.4, -0.2) is 82.9 Å². The molecule has 182 valence electrons. The van der Waals surface area contributed by atoms with Crippen LogP contribution in [-0.2, 0) is 19.2 Å². The number of nitrogens with one attached hydrogen (secondary N) is 5. The van der Waals surface area contributed by atoms with Crippen LogP contribution in [0.1, 0.15) is 45.4 Å². The van der Waals surface area contributed by atoms with Crippen molar-refractivity contribution in [2.24, 2.45) is 11.5 Å². The van der Waals surface area contributed by atoms with E-state index in [9.17, 15) is 19.2 Å². The Morgan fingerprint density at radius 1 is 0.839 bits per heavy atom. The van der Waals surface area contributed by atoms with E-state index in [1.807, 2.05) is 14.1 Å². The van der Waals surface area contributed by atoms with Gasteiger partial charge in [-0.05, 0) is 73.3 Å². The zero-order chi connectivity index (χ0) is 24.1. The van der Waals surface area contributed by atoms with Crippen molar-refractivity contribution in [3.8, 4) is 0 Å². The molecule has 9 N–H and O–H groups in total. The van der Waals surface area contributed by atoms with Crippen LogP contribution in [0.5, 0.6) is 0 Å². The van der Waals surface area contributed by atoms with Gasteiger partial charge < -0.3 is 38.1 Å². The maximum absolute atomic E-state index is 11.5. The Morgan fingerprint density at radius 3 is 1.74 bits per heavy atom. The zero-order valence-corrected chi connectivity index (χ0v) is 19.5. The fourth-order valence-electron chi connectivity index (χ4n) is 2.63. The maximum Gasteiger partial charge on any atom is 0.237 e. The van der Waals surface area contributed by atoms with Gasteiger partial charge in [-0.15, -0.1) is 0 Å². The second kappa shape index (κ2) is 21.2. The number of amides is 3. The summed E-state index contributed by atoms with van der Waals surface area (Å²) in [5.41, 5.74) is 10.1. The van der Waals surface area contributed by atoms with Crippen molar-refractivity contribution >= 4 is 23.5 Å². The molecule has 0 aromatic rings. The lowest BCUT2D eigenvalue weighted by molar-refractivity contribution is -0.126. The molecule has 3 amide bonds. The first-order chi connectivity index (χ1) is 14.7. The highest BCUT2D eigenvalue weighted by Crippen LogP contribution is 2.02. The number of hydrogen-bond donors (Lipinski definition) is 7. The van der Waals surface area contributed by atoms with Gasteiger partial charge in [0.25, 0.3) is 0 Å². The molecule has 0 aliphatic heterocycles. The molecule has 2 unspecified atom stereocenters. The Bertz CT molecular complexity index is 518. The highest BCUT2D eigenvalue weighted by atomic mass is 16.2. The molecule has 0 aromatic heterocycles. The molecule has 0 bridgehead atoms. The summed E-state index contributed by atoms with van der Waals surface area (Å²) in [7, 11) is 5.51. The van der Waals surface area contributed by atoms with Crippen molar-refractivity contribution in [1.29, 1.82) is 0 Å². The minimum atomic E-state index is -0.529. The molecule has 11 nitrogen and oxygen atoms in total. The summed E-state index contributed by atoms with van der Waals surface area (Å²) >= 11 is 0. The van der Waals surface area contributed by atoms with E-state index in [1.165, 1.54) is 6.92 Å². The lowest BCUT2D eigenvalue weighted by atomic mass is 10.1. The van der Waals surface area contributed by atoms with Crippen LogP contribution < -0.4 is 38.1 Å². The van der Waals surface area contributed by atoms with Crippen molar-refractivity contribution in [1.82, 2.24) is 26.6 Å². The highest BCUT2D eigenvalue weighted by Gasteiger charge is 2.16. The lowest BCUT2D eigenvalue weighted by Crippen LogP contribution is -2.45. The summed E-state index contributed by atoms with van der Waals surface area (Å²) in [5, 5.41) is 14.1. The molecule has 0 aromatic carbocycles. The van der Waals surface area contributed by atoms with E-state index >= 15 is 0 Å². The molecule has 0 aliphatic rings. The van der Waals surface area contributed by atoms with E-state index in [4.69, 9.17) is 11.5 Å². The molecular formula is C20H43N7O4. The number of unbranched alkanes of at least 4 members (excludes halogenated alkanes) is 2. The molecule has 0 rings (SSSR count). The largest absolute Gasteiger partial charge is 0.368 e. The van der Waals surface area contributed by atoms with Gasteiger partial charge in [-0.1, -0.05) is 6.42 Å². The van der Waals surface area contributed by atoms with Crippen LogP contribution in [0.15, 0.2) is 0 Å². The van der Waals surface area contributed by atoms with Crippen LogP contribution in [0, 0.1) is 0 Å². The van der Waals surface area contributed by atoms with Gasteiger partial charge in [0.1, 0.15) is 0 Å². The highest BCUT2D eigenvalue weighted by molar-refractivity contribution is 5.88. The Labute approximate surface area is 186 Å². The zero-order valence-electron chi connectivity index (χ0n) is 19.5. The molecule has 11 heteroatoms. The van der Waals surface area contributed by atoms with Crippen molar-refractivity contribution in [2.75, 3.05) is 47.3 Å². The predicted molar refractivity (Wildman–Crippen MR) is 122 cm³/mol. The molecule has 0 radical (unpaired) electrons. The summed E-state index contributed by atoms with van der Waals surface area (Å²) in [5.74, 6) is -0.991. The standard InChI is InChI=1S/C10H22N4O2.C10H21N3O2/c1-12-6-4-3-5-8(13-2)10(16)14-7-9(11)15;1-8(14)9(13-10(15)7-11)5-3-4-6-12-2/h8,12-13H,3-7H2,1-2H3,(H2,11,15)(H,14,16);9,12H,3-7,11H2,1-2H3,(H,13,15). The van der Waals surface area contributed by atoms with Gasteiger partial charge in [0, 0.05) is 0 Å². The number of Topliss-reactive ketones (excluding diaryl/α,β-unsaturated/α-hetero) is 1. The summed E-state index contributed by atoms with van der Waals surface area (Å²) < 4.78 is 0. The van der Waals surface area contributed by atoms with Crippen molar-refractivity contribution in [3.63, 3.8) is 0 Å². The smallest absolute Gasteiger partial charge is 0.237 e. The Kier molecular flexibility index (Phi) is 21.2. The number of nitrogens with two attached hydrogens (primary N) is 2. The number of ketones is 1. The fourth-order valence-corrected chi connectivity index (χ4v) is 2.63. The first-order valence-corrected chi connectivity index (χ1v) is 10.8. The van der Waals surface area contributed by atoms with E-state index in [-0.39, 0.29) is 42.8 Å². The van der Waals surface area contributed by atoms with Gasteiger partial charge in [0.2, 0.25) is 17.7 Å². The third-order valence-corrected chi connectivity index (χ3v) is 4.45. The second-order valence-electron chi connectivity index (χ2n) is 7.16. The minimum Gasteiger partial charge on any atom is -0.368 e. The molecule has 0 fully saturated rings. The third kappa shape index (κ3) is 19.6. The summed E-state index contributed by atoms with van der Waals surface area (Å²) in [6.07, 6.45) is 5.33. The SMILES string of the molecule is CNCCCCC(NC(=O)CN)C(C)=O.CNCCCCC(NC)C(=O)NCC(N)=O. The molecular weight excluding hydrogens is 402 g/mol. The van der Waals surface area contributed by atoms with E-state index in [0.29, 0.717) is 6.42 Å². The maximum atomic E-state index is 11.5. The first-order valence-electron chi connectivity index (χ1n) is 10.8. The molecule has 0 heterocycles. The van der Waals surface area contributed by atoms with Crippen molar-refractivity contribution in [2.45, 2.75) is 57.5 Å². The third-order valence-electron chi connectivity index (χ3n) is 4.45. The number of rotatable bonds is 17. The molecule has 2 atom stereocenters. The number of primary amides is 1. The topological polar surface area (TPSA) is 180 Å².